The largest absolute Gasteiger partial charge is 0.381 e. The fourth-order valence-corrected chi connectivity index (χ4v) is 4.97. The van der Waals surface area contributed by atoms with Gasteiger partial charge in [0, 0.05) is 49.4 Å². The number of anilines is 2. The monoisotopic (exact) mass is 476 g/mol. The van der Waals surface area contributed by atoms with Crippen LogP contribution < -0.4 is 10.2 Å². The van der Waals surface area contributed by atoms with Gasteiger partial charge in [-0.1, -0.05) is 6.92 Å². The Morgan fingerprint density at radius 1 is 1.00 bits per heavy atom. The Bertz CT molecular complexity index is 1390. The van der Waals surface area contributed by atoms with E-state index in [1.807, 2.05) is 53.6 Å². The fourth-order valence-electron chi connectivity index (χ4n) is 4.32. The maximum atomic E-state index is 11.8. The van der Waals surface area contributed by atoms with E-state index in [-0.39, 0.29) is 0 Å². The molecule has 5 rings (SSSR count). The molecule has 3 aromatic heterocycles. The molecule has 0 saturated carbocycles. The molecule has 34 heavy (non-hydrogen) atoms. The van der Waals surface area contributed by atoms with Crippen LogP contribution in [0.5, 0.6) is 0 Å². The van der Waals surface area contributed by atoms with Gasteiger partial charge in [0.05, 0.1) is 22.3 Å². The van der Waals surface area contributed by atoms with E-state index >= 15 is 0 Å². The predicted octanol–water partition coefficient (Wildman–Crippen LogP) is 3.86. The Morgan fingerprint density at radius 2 is 1.76 bits per heavy atom. The van der Waals surface area contributed by atoms with Gasteiger partial charge in [0.15, 0.2) is 9.84 Å². The van der Waals surface area contributed by atoms with Crippen LogP contribution in [0.3, 0.4) is 0 Å². The average molecular weight is 477 g/mol. The van der Waals surface area contributed by atoms with Gasteiger partial charge in [0.1, 0.15) is 5.82 Å². The average Bonchev–Trinajstić information content (AvgIpc) is 3.28. The molecular formula is C25H28N6O2S. The number of fused-ring (bicyclic) bond motifs is 1. The number of rotatable bonds is 6. The van der Waals surface area contributed by atoms with Crippen LogP contribution in [0.25, 0.3) is 16.7 Å². The number of hydrogen-bond donors (Lipinski definition) is 1. The maximum absolute atomic E-state index is 11.8. The highest BCUT2D eigenvalue weighted by molar-refractivity contribution is 7.90. The van der Waals surface area contributed by atoms with E-state index in [0.29, 0.717) is 10.9 Å². The van der Waals surface area contributed by atoms with Crippen molar-refractivity contribution in [3.8, 4) is 5.82 Å². The molecule has 1 fully saturated rings. The van der Waals surface area contributed by atoms with Crippen LogP contribution in [0.1, 0.15) is 25.3 Å². The third kappa shape index (κ3) is 4.61. The molecule has 1 saturated heterocycles. The molecular weight excluding hydrogens is 448 g/mol. The molecule has 8 nitrogen and oxygen atoms in total. The molecule has 0 spiro atoms. The van der Waals surface area contributed by atoms with E-state index in [9.17, 15) is 8.42 Å². The second-order valence-electron chi connectivity index (χ2n) is 8.73. The summed E-state index contributed by atoms with van der Waals surface area (Å²) >= 11 is 0. The highest BCUT2D eigenvalue weighted by Gasteiger charge is 2.21. The first-order valence-corrected chi connectivity index (χ1v) is 13.4. The fraction of sp³-hybridized carbons (Fsp3) is 0.320. The smallest absolute Gasteiger partial charge is 0.225 e. The number of aryl methyl sites for hydroxylation is 1. The molecule has 1 aromatic carbocycles. The second kappa shape index (κ2) is 9.06. The van der Waals surface area contributed by atoms with Gasteiger partial charge in [0.25, 0.3) is 0 Å². The van der Waals surface area contributed by atoms with Gasteiger partial charge in [-0.3, -0.25) is 0 Å². The Hall–Kier alpha value is -3.46. The Morgan fingerprint density at radius 3 is 2.41 bits per heavy atom. The molecule has 0 radical (unpaired) electrons. The van der Waals surface area contributed by atoms with Gasteiger partial charge in [0.2, 0.25) is 5.95 Å². The summed E-state index contributed by atoms with van der Waals surface area (Å²) in [5, 5.41) is 4.47. The molecule has 9 heteroatoms. The van der Waals surface area contributed by atoms with Crippen LogP contribution in [0.4, 0.5) is 11.6 Å². The summed E-state index contributed by atoms with van der Waals surface area (Å²) in [6.45, 7) is 3.94. The van der Waals surface area contributed by atoms with Crippen LogP contribution >= 0.6 is 0 Å². The number of nitrogens with zero attached hydrogens (tertiary/aromatic N) is 5. The van der Waals surface area contributed by atoms with Crippen LogP contribution in [0.2, 0.25) is 0 Å². The Balaban J connectivity index is 1.23. The van der Waals surface area contributed by atoms with Gasteiger partial charge >= 0.3 is 0 Å². The number of hydrogen-bond acceptors (Lipinski definition) is 7. The van der Waals surface area contributed by atoms with Crippen LogP contribution in [-0.4, -0.2) is 53.3 Å². The summed E-state index contributed by atoms with van der Waals surface area (Å²) in [5.74, 6) is 1.60. The van der Waals surface area contributed by atoms with Crippen molar-refractivity contribution >= 4 is 32.4 Å². The summed E-state index contributed by atoms with van der Waals surface area (Å²) in [7, 11) is -3.23. The maximum Gasteiger partial charge on any atom is 0.225 e. The summed E-state index contributed by atoms with van der Waals surface area (Å²) in [6.07, 6.45) is 11.8. The van der Waals surface area contributed by atoms with Crippen molar-refractivity contribution in [2.45, 2.75) is 37.1 Å². The summed E-state index contributed by atoms with van der Waals surface area (Å²) < 4.78 is 25.6. The van der Waals surface area contributed by atoms with Crippen molar-refractivity contribution in [1.29, 1.82) is 0 Å². The quantitative estimate of drug-likeness (QED) is 0.452. The lowest BCUT2D eigenvalue weighted by atomic mass is 10.1. The van der Waals surface area contributed by atoms with E-state index in [1.54, 1.807) is 12.1 Å². The van der Waals surface area contributed by atoms with Gasteiger partial charge in [-0.2, -0.15) is 0 Å². The van der Waals surface area contributed by atoms with Gasteiger partial charge in [-0.25, -0.2) is 23.4 Å². The molecule has 1 aliphatic rings. The van der Waals surface area contributed by atoms with E-state index < -0.39 is 9.84 Å². The first-order valence-electron chi connectivity index (χ1n) is 11.5. The van der Waals surface area contributed by atoms with Crippen LogP contribution in [0, 0.1) is 0 Å². The molecule has 0 aliphatic carbocycles. The summed E-state index contributed by atoms with van der Waals surface area (Å²) in [6, 6.07) is 11.5. The van der Waals surface area contributed by atoms with E-state index in [0.717, 1.165) is 66.3 Å². The summed E-state index contributed by atoms with van der Waals surface area (Å²) in [4.78, 5) is 16.2. The highest BCUT2D eigenvalue weighted by atomic mass is 32.2. The molecule has 1 N–H and O–H groups in total. The zero-order chi connectivity index (χ0) is 23.7. The minimum absolute atomic E-state index is 0.320. The lowest BCUT2D eigenvalue weighted by molar-refractivity contribution is 0.519. The molecule has 4 aromatic rings. The third-order valence-electron chi connectivity index (χ3n) is 6.33. The van der Waals surface area contributed by atoms with Crippen molar-refractivity contribution in [2.24, 2.45) is 0 Å². The minimum atomic E-state index is -3.23. The Kier molecular flexibility index (Phi) is 5.95. The first kappa shape index (κ1) is 22.3. The molecule has 0 unspecified atom stereocenters. The minimum Gasteiger partial charge on any atom is -0.381 e. The van der Waals surface area contributed by atoms with Crippen molar-refractivity contribution in [3.05, 3.63) is 66.7 Å². The van der Waals surface area contributed by atoms with Crippen molar-refractivity contribution in [1.82, 2.24) is 19.5 Å². The standard InChI is InChI=1S/C25H28N6O2S/c1-3-18-15-27-25(28-16-18)30-11-9-20(10-12-30)29-21-4-7-24(26-17-21)31-13-8-19-14-22(34(2,32)33)5-6-23(19)31/h4-8,13-17,20,29H,3,9-12H2,1-2H3. The second-order valence-corrected chi connectivity index (χ2v) is 10.7. The topological polar surface area (TPSA) is 93.0 Å². The normalized spacial score (nSPS) is 15.1. The highest BCUT2D eigenvalue weighted by Crippen LogP contribution is 2.24. The number of pyridine rings is 1. The van der Waals surface area contributed by atoms with Crippen LogP contribution in [0.15, 0.2) is 66.1 Å². The van der Waals surface area contributed by atoms with Crippen molar-refractivity contribution in [2.75, 3.05) is 29.6 Å². The number of nitrogens with one attached hydrogen (secondary N) is 1. The summed E-state index contributed by atoms with van der Waals surface area (Å²) in [5.41, 5.74) is 3.06. The van der Waals surface area contributed by atoms with E-state index in [1.165, 1.54) is 6.26 Å². The third-order valence-corrected chi connectivity index (χ3v) is 7.44. The van der Waals surface area contributed by atoms with Crippen LogP contribution in [-0.2, 0) is 16.3 Å². The number of piperidine rings is 1. The van der Waals surface area contributed by atoms with Gasteiger partial charge in [-0.05, 0) is 61.2 Å². The molecule has 1 aliphatic heterocycles. The molecule has 176 valence electrons. The van der Waals surface area contributed by atoms with Crippen molar-refractivity contribution < 1.29 is 8.42 Å². The zero-order valence-corrected chi connectivity index (χ0v) is 20.2. The SMILES string of the molecule is CCc1cnc(N2CCC(Nc3ccc(-n4ccc5cc(S(C)(=O)=O)ccc54)nc3)CC2)nc1. The number of aromatic nitrogens is 4. The molecule has 4 heterocycles. The number of sulfone groups is 1. The Labute approximate surface area is 199 Å². The predicted molar refractivity (Wildman–Crippen MR) is 134 cm³/mol. The lowest BCUT2D eigenvalue weighted by Crippen LogP contribution is -2.40. The molecule has 0 bridgehead atoms. The van der Waals surface area contributed by atoms with E-state index in [4.69, 9.17) is 0 Å². The molecule has 0 amide bonds. The van der Waals surface area contributed by atoms with Gasteiger partial charge < -0.3 is 14.8 Å². The van der Waals surface area contributed by atoms with Gasteiger partial charge in [-0.15, -0.1) is 0 Å². The zero-order valence-electron chi connectivity index (χ0n) is 19.3. The van der Waals surface area contributed by atoms with Crippen molar-refractivity contribution in [3.63, 3.8) is 0 Å². The lowest BCUT2D eigenvalue weighted by Gasteiger charge is -2.32. The first-order chi connectivity index (χ1) is 16.4. The number of benzene rings is 1. The van der Waals surface area contributed by atoms with E-state index in [2.05, 4.69) is 32.1 Å². The molecule has 0 atom stereocenters.